The lowest BCUT2D eigenvalue weighted by molar-refractivity contribution is 0.437. The summed E-state index contributed by atoms with van der Waals surface area (Å²) in [5.74, 6) is 1.78. The van der Waals surface area contributed by atoms with Crippen LogP contribution >= 0.6 is 0 Å². The zero-order valence-electron chi connectivity index (χ0n) is 10.6. The molecule has 0 saturated carbocycles. The molecule has 0 amide bonds. The average molecular weight is 233 g/mol. The minimum Gasteiger partial charge on any atom is -0.458 e. The molecule has 1 atom stereocenters. The predicted molar refractivity (Wildman–Crippen MR) is 67.6 cm³/mol. The molecule has 1 N–H and O–H groups in total. The molecule has 0 bridgehead atoms. The first kappa shape index (κ1) is 11.9. The fraction of sp³-hybridized carbons (Fsp3) is 0.462. The summed E-state index contributed by atoms with van der Waals surface area (Å²) in [4.78, 5) is 0. The molecule has 0 radical (unpaired) electrons. The average Bonchev–Trinajstić information content (AvgIpc) is 2.93. The standard InChI is InChI=1S/C13H19N3O/c1-4-8-14-10(2)12-5-6-13(17-12)11-7-9-16(3)15-11/h5-7,9-10,14H,4,8H2,1-3H3. The van der Waals surface area contributed by atoms with Gasteiger partial charge in [-0.25, -0.2) is 0 Å². The van der Waals surface area contributed by atoms with Crippen molar-refractivity contribution in [1.29, 1.82) is 0 Å². The van der Waals surface area contributed by atoms with E-state index in [0.717, 1.165) is 30.2 Å². The number of nitrogens with one attached hydrogen (secondary N) is 1. The van der Waals surface area contributed by atoms with Crippen molar-refractivity contribution >= 4 is 0 Å². The van der Waals surface area contributed by atoms with E-state index in [1.54, 1.807) is 4.68 Å². The van der Waals surface area contributed by atoms with Gasteiger partial charge in [-0.05, 0) is 38.1 Å². The highest BCUT2D eigenvalue weighted by Crippen LogP contribution is 2.23. The molecule has 2 aromatic rings. The van der Waals surface area contributed by atoms with Crippen molar-refractivity contribution in [2.24, 2.45) is 7.05 Å². The molecule has 17 heavy (non-hydrogen) atoms. The van der Waals surface area contributed by atoms with Crippen molar-refractivity contribution in [2.75, 3.05) is 6.54 Å². The second-order valence-corrected chi connectivity index (χ2v) is 4.25. The molecule has 4 heteroatoms. The van der Waals surface area contributed by atoms with Gasteiger partial charge in [-0.2, -0.15) is 5.10 Å². The first-order chi connectivity index (χ1) is 8.20. The van der Waals surface area contributed by atoms with Crippen molar-refractivity contribution in [3.8, 4) is 11.5 Å². The van der Waals surface area contributed by atoms with E-state index in [4.69, 9.17) is 4.42 Å². The lowest BCUT2D eigenvalue weighted by Crippen LogP contribution is -2.18. The van der Waals surface area contributed by atoms with Crippen molar-refractivity contribution in [1.82, 2.24) is 15.1 Å². The van der Waals surface area contributed by atoms with Crippen LogP contribution in [0.5, 0.6) is 0 Å². The van der Waals surface area contributed by atoms with E-state index in [2.05, 4.69) is 24.3 Å². The molecule has 1 unspecified atom stereocenters. The van der Waals surface area contributed by atoms with Crippen LogP contribution in [0.2, 0.25) is 0 Å². The fourth-order valence-corrected chi connectivity index (χ4v) is 1.73. The monoisotopic (exact) mass is 233 g/mol. The molecule has 0 aromatic carbocycles. The summed E-state index contributed by atoms with van der Waals surface area (Å²) in [6.45, 7) is 5.26. The van der Waals surface area contributed by atoms with E-state index < -0.39 is 0 Å². The van der Waals surface area contributed by atoms with Crippen molar-refractivity contribution in [3.63, 3.8) is 0 Å². The molecule has 0 aliphatic heterocycles. The Bertz CT molecular complexity index is 472. The van der Waals surface area contributed by atoms with Gasteiger partial charge in [0.15, 0.2) is 5.76 Å². The fourth-order valence-electron chi connectivity index (χ4n) is 1.73. The van der Waals surface area contributed by atoms with Crippen LogP contribution in [-0.4, -0.2) is 16.3 Å². The van der Waals surface area contributed by atoms with E-state index in [1.807, 2.05) is 31.4 Å². The highest BCUT2D eigenvalue weighted by Gasteiger charge is 2.11. The van der Waals surface area contributed by atoms with Gasteiger partial charge in [-0.3, -0.25) is 4.68 Å². The van der Waals surface area contributed by atoms with Gasteiger partial charge >= 0.3 is 0 Å². The minimum atomic E-state index is 0.243. The Hall–Kier alpha value is -1.55. The highest BCUT2D eigenvalue weighted by atomic mass is 16.3. The van der Waals surface area contributed by atoms with E-state index in [-0.39, 0.29) is 6.04 Å². The van der Waals surface area contributed by atoms with E-state index >= 15 is 0 Å². The third-order valence-electron chi connectivity index (χ3n) is 2.72. The third kappa shape index (κ3) is 2.77. The van der Waals surface area contributed by atoms with Gasteiger partial charge < -0.3 is 9.73 Å². The molecule has 2 heterocycles. The molecule has 0 fully saturated rings. The summed E-state index contributed by atoms with van der Waals surface area (Å²) < 4.78 is 7.58. The Kier molecular flexibility index (Phi) is 3.64. The number of nitrogens with zero attached hydrogens (tertiary/aromatic N) is 2. The van der Waals surface area contributed by atoms with Crippen molar-refractivity contribution in [3.05, 3.63) is 30.2 Å². The second-order valence-electron chi connectivity index (χ2n) is 4.25. The Morgan fingerprint density at radius 2 is 2.24 bits per heavy atom. The summed E-state index contributed by atoms with van der Waals surface area (Å²) in [5, 5.41) is 7.72. The smallest absolute Gasteiger partial charge is 0.154 e. The number of rotatable bonds is 5. The van der Waals surface area contributed by atoms with Gasteiger partial charge in [0.1, 0.15) is 11.5 Å². The maximum Gasteiger partial charge on any atom is 0.154 e. The summed E-state index contributed by atoms with van der Waals surface area (Å²) in [5.41, 5.74) is 0.876. The second kappa shape index (κ2) is 5.19. The largest absolute Gasteiger partial charge is 0.458 e. The number of aromatic nitrogens is 2. The summed E-state index contributed by atoms with van der Waals surface area (Å²) in [6, 6.07) is 6.18. The molecule has 0 spiro atoms. The van der Waals surface area contributed by atoms with Crippen LogP contribution in [-0.2, 0) is 7.05 Å². The zero-order chi connectivity index (χ0) is 12.3. The van der Waals surface area contributed by atoms with Crippen molar-refractivity contribution in [2.45, 2.75) is 26.3 Å². The maximum absolute atomic E-state index is 5.80. The third-order valence-corrected chi connectivity index (χ3v) is 2.72. The Balaban J connectivity index is 2.10. The van der Waals surface area contributed by atoms with Crippen LogP contribution in [0.1, 0.15) is 32.1 Å². The molecule has 2 aromatic heterocycles. The Labute approximate surface area is 102 Å². The maximum atomic E-state index is 5.80. The van der Waals surface area contributed by atoms with E-state index in [1.165, 1.54) is 0 Å². The summed E-state index contributed by atoms with van der Waals surface area (Å²) in [7, 11) is 1.90. The van der Waals surface area contributed by atoms with E-state index in [9.17, 15) is 0 Å². The summed E-state index contributed by atoms with van der Waals surface area (Å²) >= 11 is 0. The number of hydrogen-bond donors (Lipinski definition) is 1. The first-order valence-corrected chi connectivity index (χ1v) is 6.04. The highest BCUT2D eigenvalue weighted by molar-refractivity contribution is 5.51. The Morgan fingerprint density at radius 1 is 1.41 bits per heavy atom. The number of aryl methyl sites for hydroxylation is 1. The van der Waals surface area contributed by atoms with Crippen LogP contribution < -0.4 is 5.32 Å². The quantitative estimate of drug-likeness (QED) is 0.863. The van der Waals surface area contributed by atoms with Gasteiger partial charge in [-0.15, -0.1) is 0 Å². The van der Waals surface area contributed by atoms with Crippen LogP contribution in [0.3, 0.4) is 0 Å². The van der Waals surface area contributed by atoms with Gasteiger partial charge in [-0.1, -0.05) is 6.92 Å². The minimum absolute atomic E-state index is 0.243. The van der Waals surface area contributed by atoms with Gasteiger partial charge in [0, 0.05) is 13.2 Å². The van der Waals surface area contributed by atoms with Crippen molar-refractivity contribution < 1.29 is 4.42 Å². The number of hydrogen-bond acceptors (Lipinski definition) is 3. The molecule has 0 aliphatic rings. The zero-order valence-corrected chi connectivity index (χ0v) is 10.6. The van der Waals surface area contributed by atoms with Crippen LogP contribution in [0.25, 0.3) is 11.5 Å². The lowest BCUT2D eigenvalue weighted by Gasteiger charge is -2.09. The van der Waals surface area contributed by atoms with Crippen LogP contribution in [0.15, 0.2) is 28.8 Å². The molecule has 0 aliphatic carbocycles. The molecule has 92 valence electrons. The predicted octanol–water partition coefficient (Wildman–Crippen LogP) is 2.74. The SMILES string of the molecule is CCCNC(C)c1ccc(-c2ccn(C)n2)o1. The van der Waals surface area contributed by atoms with Crippen LogP contribution in [0.4, 0.5) is 0 Å². The van der Waals surface area contributed by atoms with Gasteiger partial charge in [0.2, 0.25) is 0 Å². The normalized spacial score (nSPS) is 12.9. The van der Waals surface area contributed by atoms with Crippen LogP contribution in [0, 0.1) is 0 Å². The molecular weight excluding hydrogens is 214 g/mol. The lowest BCUT2D eigenvalue weighted by atomic mass is 10.2. The molecule has 4 nitrogen and oxygen atoms in total. The van der Waals surface area contributed by atoms with E-state index in [0.29, 0.717) is 0 Å². The van der Waals surface area contributed by atoms with Gasteiger partial charge in [0.25, 0.3) is 0 Å². The topological polar surface area (TPSA) is 43.0 Å². The summed E-state index contributed by atoms with van der Waals surface area (Å²) in [6.07, 6.45) is 3.04. The Morgan fingerprint density at radius 3 is 2.88 bits per heavy atom. The molecule has 2 rings (SSSR count). The first-order valence-electron chi connectivity index (χ1n) is 6.04. The number of furan rings is 1. The molecular formula is C13H19N3O. The molecule has 0 saturated heterocycles. The van der Waals surface area contributed by atoms with Gasteiger partial charge in [0.05, 0.1) is 6.04 Å².